The van der Waals surface area contributed by atoms with Gasteiger partial charge in [0.15, 0.2) is 0 Å². The number of fused-ring (bicyclic) bond motifs is 1. The van der Waals surface area contributed by atoms with Crippen molar-refractivity contribution < 1.29 is 9.59 Å². The first-order valence-electron chi connectivity index (χ1n) is 11.2. The van der Waals surface area contributed by atoms with Crippen molar-refractivity contribution in [2.75, 3.05) is 38.1 Å². The summed E-state index contributed by atoms with van der Waals surface area (Å²) >= 11 is 14.4. The zero-order chi connectivity index (χ0) is 26.0. The number of nitrogens with zero attached hydrogens (tertiary/aromatic N) is 3. The Morgan fingerprint density at radius 3 is 2.36 bits per heavy atom. The van der Waals surface area contributed by atoms with Gasteiger partial charge < -0.3 is 10.6 Å². The van der Waals surface area contributed by atoms with Crippen LogP contribution in [0.3, 0.4) is 0 Å². The van der Waals surface area contributed by atoms with E-state index in [1.165, 1.54) is 0 Å². The topological polar surface area (TPSA) is 81.9 Å². The van der Waals surface area contributed by atoms with Gasteiger partial charge in [0.25, 0.3) is 11.8 Å². The van der Waals surface area contributed by atoms with Gasteiger partial charge in [-0.25, -0.2) is 0 Å². The molecule has 0 bridgehead atoms. The number of amides is 2. The van der Waals surface area contributed by atoms with E-state index >= 15 is 0 Å². The van der Waals surface area contributed by atoms with E-state index in [4.69, 9.17) is 28.9 Å². The number of carbonyl (C=O) groups excluding carboxylic acids is 2. The molecule has 0 saturated heterocycles. The van der Waals surface area contributed by atoms with E-state index in [0.717, 1.165) is 3.57 Å². The molecule has 0 fully saturated rings. The van der Waals surface area contributed by atoms with Crippen molar-refractivity contribution in [2.45, 2.75) is 12.6 Å². The third-order valence-corrected chi connectivity index (χ3v) is 7.04. The van der Waals surface area contributed by atoms with E-state index < -0.39 is 6.04 Å². The molecule has 1 heterocycles. The predicted molar refractivity (Wildman–Crippen MR) is 153 cm³/mol. The number of hydrogen-bond donors (Lipinski definition) is 2. The Balaban J connectivity index is 1.86. The van der Waals surface area contributed by atoms with Gasteiger partial charge in [0.05, 0.1) is 17.9 Å². The molecule has 1 aliphatic rings. The molecule has 1 atom stereocenters. The average Bonchev–Trinajstić information content (AvgIpc) is 2.90. The summed E-state index contributed by atoms with van der Waals surface area (Å²) in [6.45, 7) is 0.928. The third kappa shape index (κ3) is 5.78. The summed E-state index contributed by atoms with van der Waals surface area (Å²) in [5.41, 5.74) is 9.07. The molecule has 0 spiro atoms. The molecule has 0 saturated carbocycles. The molecule has 36 heavy (non-hydrogen) atoms. The van der Waals surface area contributed by atoms with Crippen LogP contribution in [0.25, 0.3) is 0 Å². The quantitative estimate of drug-likeness (QED) is 0.217. The highest BCUT2D eigenvalue weighted by molar-refractivity contribution is 14.1. The average molecular weight is 638 g/mol. The van der Waals surface area contributed by atoms with Crippen molar-refractivity contribution in [3.63, 3.8) is 0 Å². The highest BCUT2D eigenvalue weighted by atomic mass is 127. The van der Waals surface area contributed by atoms with Crippen LogP contribution in [0.1, 0.15) is 27.5 Å². The minimum absolute atomic E-state index is 0.130. The molecule has 3 aromatic carbocycles. The second-order valence-electron chi connectivity index (χ2n) is 8.80. The number of nitrogens with two attached hydrogens (primary N) is 1. The van der Waals surface area contributed by atoms with Crippen LogP contribution in [0.2, 0.25) is 10.0 Å². The molecular formula is C26H26Cl2IN5O2. The number of nitrogen functional groups attached to an aromatic ring is 1. The Labute approximate surface area is 234 Å². The summed E-state index contributed by atoms with van der Waals surface area (Å²) < 4.78 is 0.893. The van der Waals surface area contributed by atoms with Crippen LogP contribution in [-0.2, 0) is 11.3 Å². The monoisotopic (exact) mass is 637 g/mol. The van der Waals surface area contributed by atoms with Crippen molar-refractivity contribution in [3.05, 3.63) is 91.0 Å². The summed E-state index contributed by atoms with van der Waals surface area (Å²) in [5, 5.41) is 4.33. The summed E-state index contributed by atoms with van der Waals surface area (Å²) in [4.78, 5) is 33.5. The zero-order valence-electron chi connectivity index (χ0n) is 19.8. The lowest BCUT2D eigenvalue weighted by Gasteiger charge is -2.32. The molecule has 1 aliphatic heterocycles. The Hall–Kier alpha value is -2.37. The lowest BCUT2D eigenvalue weighted by Crippen LogP contribution is -2.46. The Bertz CT molecular complexity index is 1290. The van der Waals surface area contributed by atoms with Crippen LogP contribution < -0.4 is 16.0 Å². The highest BCUT2D eigenvalue weighted by Gasteiger charge is 2.40. The summed E-state index contributed by atoms with van der Waals surface area (Å²) in [5.74, 6) is -0.495. The SMILES string of the molecule is CN(C)CNCN1C(=O)C(c2ccc(Cl)cc2)N(Cc2ccc(Cl)cc2N)C(=O)c2cc(I)ccc21. The standard InChI is InChI=1S/C26H26Cl2IN5O2/c1-32(2)14-31-15-34-23-10-9-20(29)12-21(23)25(35)33(13-17-5-8-19(28)11-22(17)30)24(26(34)36)16-3-6-18(27)7-4-16/h3-12,24,31H,13-15,30H2,1-2H3. The minimum atomic E-state index is -0.893. The second-order valence-corrected chi connectivity index (χ2v) is 10.9. The van der Waals surface area contributed by atoms with Gasteiger partial charge in [-0.3, -0.25) is 24.7 Å². The van der Waals surface area contributed by atoms with Gasteiger partial charge in [0.2, 0.25) is 0 Å². The molecule has 0 radical (unpaired) electrons. The van der Waals surface area contributed by atoms with E-state index in [-0.39, 0.29) is 25.0 Å². The number of halogens is 3. The first kappa shape index (κ1) is 26.7. The lowest BCUT2D eigenvalue weighted by molar-refractivity contribution is -0.123. The molecule has 0 aliphatic carbocycles. The normalized spacial score (nSPS) is 15.9. The van der Waals surface area contributed by atoms with E-state index in [0.29, 0.717) is 44.8 Å². The maximum atomic E-state index is 14.2. The smallest absolute Gasteiger partial charge is 0.257 e. The summed E-state index contributed by atoms with van der Waals surface area (Å²) in [7, 11) is 3.87. The number of rotatable bonds is 7. The molecule has 10 heteroatoms. The molecule has 1 unspecified atom stereocenters. The predicted octanol–water partition coefficient (Wildman–Crippen LogP) is 4.98. The third-order valence-electron chi connectivity index (χ3n) is 5.88. The maximum Gasteiger partial charge on any atom is 0.257 e. The fourth-order valence-corrected chi connectivity index (χ4v) is 4.96. The van der Waals surface area contributed by atoms with Crippen LogP contribution in [0.5, 0.6) is 0 Å². The second kappa shape index (κ2) is 11.4. The van der Waals surface area contributed by atoms with Gasteiger partial charge in [-0.05, 0) is 90.3 Å². The van der Waals surface area contributed by atoms with Gasteiger partial charge in [0, 0.05) is 32.5 Å². The zero-order valence-corrected chi connectivity index (χ0v) is 23.5. The van der Waals surface area contributed by atoms with Crippen molar-refractivity contribution >= 4 is 69.0 Å². The maximum absolute atomic E-state index is 14.2. The van der Waals surface area contributed by atoms with Gasteiger partial charge >= 0.3 is 0 Å². The number of carbonyl (C=O) groups is 2. The Kier molecular flexibility index (Phi) is 8.41. The minimum Gasteiger partial charge on any atom is -0.398 e. The van der Waals surface area contributed by atoms with Crippen LogP contribution in [0.15, 0.2) is 60.7 Å². The van der Waals surface area contributed by atoms with E-state index in [1.807, 2.05) is 37.2 Å². The molecule has 7 nitrogen and oxygen atoms in total. The number of benzene rings is 3. The molecule has 2 amide bonds. The van der Waals surface area contributed by atoms with Crippen molar-refractivity contribution in [1.29, 1.82) is 0 Å². The largest absolute Gasteiger partial charge is 0.398 e. The molecule has 0 aromatic heterocycles. The first-order chi connectivity index (χ1) is 17.2. The molecule has 188 valence electrons. The fourth-order valence-electron chi connectivity index (χ4n) is 4.16. The van der Waals surface area contributed by atoms with E-state index in [2.05, 4.69) is 27.9 Å². The van der Waals surface area contributed by atoms with Gasteiger partial charge in [0.1, 0.15) is 6.04 Å². The van der Waals surface area contributed by atoms with Gasteiger partial charge in [-0.1, -0.05) is 41.4 Å². The van der Waals surface area contributed by atoms with Crippen LogP contribution in [-0.4, -0.2) is 49.0 Å². The Morgan fingerprint density at radius 2 is 1.69 bits per heavy atom. The highest BCUT2D eigenvalue weighted by Crippen LogP contribution is 2.37. The summed E-state index contributed by atoms with van der Waals surface area (Å²) in [6, 6.07) is 16.8. The van der Waals surface area contributed by atoms with Crippen LogP contribution >= 0.6 is 45.8 Å². The first-order valence-corrected chi connectivity index (χ1v) is 13.1. The van der Waals surface area contributed by atoms with Gasteiger partial charge in [-0.2, -0.15) is 0 Å². The van der Waals surface area contributed by atoms with E-state index in [9.17, 15) is 9.59 Å². The number of anilines is 2. The fraction of sp³-hybridized carbons (Fsp3) is 0.231. The van der Waals surface area contributed by atoms with Crippen molar-refractivity contribution in [1.82, 2.24) is 15.1 Å². The van der Waals surface area contributed by atoms with Crippen LogP contribution in [0, 0.1) is 3.57 Å². The van der Waals surface area contributed by atoms with Gasteiger partial charge in [-0.15, -0.1) is 0 Å². The van der Waals surface area contributed by atoms with Crippen molar-refractivity contribution in [2.24, 2.45) is 0 Å². The van der Waals surface area contributed by atoms with E-state index in [1.54, 1.807) is 52.3 Å². The Morgan fingerprint density at radius 1 is 1.00 bits per heavy atom. The summed E-state index contributed by atoms with van der Waals surface area (Å²) in [6.07, 6.45) is 0. The molecule has 4 rings (SSSR count). The molecule has 3 N–H and O–H groups in total. The van der Waals surface area contributed by atoms with Crippen LogP contribution in [0.4, 0.5) is 11.4 Å². The number of nitrogens with one attached hydrogen (secondary N) is 1. The molecule has 3 aromatic rings. The lowest BCUT2D eigenvalue weighted by atomic mass is 10.0. The molecular weight excluding hydrogens is 612 g/mol. The number of hydrogen-bond acceptors (Lipinski definition) is 5. The van der Waals surface area contributed by atoms with Crippen molar-refractivity contribution in [3.8, 4) is 0 Å².